The van der Waals surface area contributed by atoms with E-state index in [2.05, 4.69) is 42.5 Å². The number of phenolic OH excluding ortho intramolecular Hbond substituents is 4. The zero-order valence-corrected chi connectivity index (χ0v) is 68.5. The van der Waals surface area contributed by atoms with Crippen LogP contribution in [0.4, 0.5) is 0 Å². The molecule has 8 amide bonds. The van der Waals surface area contributed by atoms with Gasteiger partial charge < -0.3 is 173 Å². The smallest absolute Gasteiger partial charge is 0.330 e. The van der Waals surface area contributed by atoms with Crippen molar-refractivity contribution in [3.8, 4) is 80.1 Å². The standard InChI is InChI=1S/C83H85Cl2N9O35/c1-28(98)87-62-68(109)65(106)51(25-95)125-81(62)128-72-32-8-12-46(41(85)18-32)123-50-21-34-20-49(73(50)129-82-63(69(110)66(107)52(26-96)126-82)89-54(103)3-2-4-55(104)105)122-45-11-5-29(13-40(45)84)14-42-74(113)90-59(33-15-35(99)22-37(16-33)121-47-19-30(6-10-44(47)102)57(86)75(114)88-42)77(116)92-60(34)78(117)91-58-31-7-9-43(101)38(17-31)56-39(61(80(119)120)93-79(118)64(72)94-76(58)115)23-36(100)24-48(56)124-83-71(112)70(111)67(108)53(27-97)127-83/h5-13,15-24,42,51-53,57-72,81-83,95-97,99-102,106-112H,2-4,14,25-27,86H2,1H3,(H,87,98)(H,88,114)(H,89,103)(H,90,113)(H,91,117)(H,92,116)(H,93,118)(H,94,115)(H,104,105)(H,119,120)/t42-,51?,52?,53?,57-,58-,59+,60-,61+,62+,63?,64+,65-,66-,67-,68?,69-,70-,71?,72-,81+,82+,83+/m1/s1. The number of ether oxygens (including phenoxy) is 9. The number of aromatic hydroxyl groups is 4. The molecule has 46 heteroatoms. The molecule has 0 spiro atoms. The monoisotopic (exact) mass is 1840 g/mol. The van der Waals surface area contributed by atoms with Crippen LogP contribution in [0.15, 0.2) is 115 Å². The predicted octanol–water partition coefficient (Wildman–Crippen LogP) is -1.72. The van der Waals surface area contributed by atoms with Crippen molar-refractivity contribution in [3.05, 3.63) is 164 Å². The second kappa shape index (κ2) is 38.4. The Hall–Kier alpha value is -12.6. The van der Waals surface area contributed by atoms with Gasteiger partial charge in [0.25, 0.3) is 0 Å². The van der Waals surface area contributed by atoms with Crippen molar-refractivity contribution in [2.75, 3.05) is 19.8 Å². The lowest BCUT2D eigenvalue weighted by atomic mass is 9.89. The number of phenols is 4. The van der Waals surface area contributed by atoms with Crippen molar-refractivity contribution < 1.29 is 172 Å². The highest BCUT2D eigenvalue weighted by Gasteiger charge is 2.52. The molecule has 0 radical (unpaired) electrons. The van der Waals surface area contributed by atoms with Crippen molar-refractivity contribution in [1.29, 1.82) is 0 Å². The zero-order valence-electron chi connectivity index (χ0n) is 66.9. The molecule has 6 unspecified atom stereocenters. The molecule has 9 aliphatic rings. The van der Waals surface area contributed by atoms with E-state index in [1.807, 2.05) is 0 Å². The average molecular weight is 1840 g/mol. The minimum absolute atomic E-state index is 0.00796. The maximum atomic E-state index is 16.9. The van der Waals surface area contributed by atoms with Gasteiger partial charge in [-0.25, -0.2) is 4.79 Å². The van der Waals surface area contributed by atoms with Crippen LogP contribution in [-0.2, 0) is 73.3 Å². The summed E-state index contributed by atoms with van der Waals surface area (Å²) in [6, 6.07) is -0.331. The van der Waals surface area contributed by atoms with Crippen molar-refractivity contribution in [1.82, 2.24) is 42.5 Å². The Morgan fingerprint density at radius 1 is 0.488 bits per heavy atom. The number of halogens is 2. The van der Waals surface area contributed by atoms with Gasteiger partial charge in [0.15, 0.2) is 35.3 Å². The first-order chi connectivity index (χ1) is 61.4. The Morgan fingerprint density at radius 2 is 1.04 bits per heavy atom. The maximum absolute atomic E-state index is 16.9. The summed E-state index contributed by atoms with van der Waals surface area (Å²) in [4.78, 5) is 149. The second-order valence-electron chi connectivity index (χ2n) is 31.1. The minimum Gasteiger partial charge on any atom is -0.508 e. The van der Waals surface area contributed by atoms with Crippen molar-refractivity contribution in [2.24, 2.45) is 5.73 Å². The van der Waals surface area contributed by atoms with E-state index in [4.69, 9.17) is 71.6 Å². The lowest BCUT2D eigenvalue weighted by Gasteiger charge is -2.44. The number of rotatable bonds is 16. The number of nitrogens with two attached hydrogens (primary N) is 1. The summed E-state index contributed by atoms with van der Waals surface area (Å²) in [5.74, 6) is -21.8. The molecule has 9 heterocycles. The molecule has 7 aromatic rings. The van der Waals surface area contributed by atoms with E-state index < -0.39 is 334 Å². The quantitative estimate of drug-likeness (QED) is 0.0511. The van der Waals surface area contributed by atoms with Crippen LogP contribution in [0.5, 0.6) is 69.0 Å². The third-order valence-electron chi connectivity index (χ3n) is 22.2. The molecule has 686 valence electrons. The van der Waals surface area contributed by atoms with Crippen molar-refractivity contribution >= 4 is 82.4 Å². The molecule has 17 bridgehead atoms. The summed E-state index contributed by atoms with van der Waals surface area (Å²) >= 11 is 14.6. The number of carbonyl (C=O) groups excluding carboxylic acids is 8. The van der Waals surface area contributed by atoms with Crippen LogP contribution in [-0.4, -0.2) is 265 Å². The molecule has 44 nitrogen and oxygen atoms in total. The van der Waals surface area contributed by atoms with Crippen LogP contribution in [0.25, 0.3) is 11.1 Å². The summed E-state index contributed by atoms with van der Waals surface area (Å²) in [5, 5.41) is 198. The molecular formula is C83H85Cl2N9O35. The Kier molecular flexibility index (Phi) is 27.5. The molecule has 26 N–H and O–H groups in total. The van der Waals surface area contributed by atoms with Gasteiger partial charge in [-0.3, -0.25) is 43.2 Å². The van der Waals surface area contributed by atoms with Crippen LogP contribution < -0.4 is 72.0 Å². The van der Waals surface area contributed by atoms with Gasteiger partial charge in [0, 0.05) is 55.0 Å². The Labute approximate surface area is 736 Å². The lowest BCUT2D eigenvalue weighted by Crippen LogP contribution is -2.65. The fraction of sp³-hybridized carbons (Fsp3) is 0.373. The van der Waals surface area contributed by atoms with Gasteiger partial charge in [0.1, 0.15) is 156 Å². The Morgan fingerprint density at radius 3 is 1.66 bits per heavy atom. The molecule has 7 aromatic carbocycles. The summed E-state index contributed by atoms with van der Waals surface area (Å²) in [7, 11) is 0. The minimum atomic E-state index is -2.62. The van der Waals surface area contributed by atoms with Gasteiger partial charge in [-0.2, -0.15) is 0 Å². The molecule has 0 saturated carbocycles. The van der Waals surface area contributed by atoms with E-state index in [-0.39, 0.29) is 39.8 Å². The predicted molar refractivity (Wildman–Crippen MR) is 432 cm³/mol. The Bertz CT molecular complexity index is 5560. The molecular weight excluding hydrogens is 1750 g/mol. The highest BCUT2D eigenvalue weighted by atomic mass is 35.5. The molecule has 3 fully saturated rings. The van der Waals surface area contributed by atoms with Crippen molar-refractivity contribution in [2.45, 2.75) is 173 Å². The highest BCUT2D eigenvalue weighted by Crippen LogP contribution is 2.51. The van der Waals surface area contributed by atoms with E-state index >= 15 is 24.0 Å². The van der Waals surface area contributed by atoms with Gasteiger partial charge in [0.2, 0.25) is 65.6 Å². The number of hydrogen-bond acceptors (Lipinski definition) is 34. The topological polar surface area (TPSA) is 700 Å². The first kappa shape index (κ1) is 92.6. The number of carbonyl (C=O) groups is 10. The summed E-state index contributed by atoms with van der Waals surface area (Å²) in [6.45, 7) is -2.29. The van der Waals surface area contributed by atoms with E-state index in [1.54, 1.807) is 0 Å². The van der Waals surface area contributed by atoms with Gasteiger partial charge in [-0.1, -0.05) is 47.5 Å². The molecule has 16 rings (SSSR count). The fourth-order valence-electron chi connectivity index (χ4n) is 15.7. The molecule has 23 atom stereocenters. The van der Waals surface area contributed by atoms with Crippen LogP contribution in [0, 0.1) is 0 Å². The van der Waals surface area contributed by atoms with Gasteiger partial charge in [-0.05, 0) is 119 Å². The molecule has 3 saturated heterocycles. The van der Waals surface area contributed by atoms with Crippen LogP contribution >= 0.6 is 23.2 Å². The second-order valence-corrected chi connectivity index (χ2v) is 31.9. The number of hydrogen-bond donors (Lipinski definition) is 25. The number of aliphatic hydroxyl groups excluding tert-OH is 10. The third-order valence-corrected chi connectivity index (χ3v) is 22.8. The largest absolute Gasteiger partial charge is 0.508 e. The van der Waals surface area contributed by atoms with Crippen LogP contribution in [0.1, 0.15) is 101 Å². The number of nitrogens with one attached hydrogen (secondary N) is 8. The molecule has 0 aromatic heterocycles. The number of fused-ring (bicyclic) bond motifs is 14. The average Bonchev–Trinajstić information content (AvgIpc) is 0.749. The van der Waals surface area contributed by atoms with E-state index in [0.717, 1.165) is 91.9 Å². The number of aliphatic hydroxyl groups is 10. The summed E-state index contributed by atoms with van der Waals surface area (Å²) in [6.07, 6.45) is -31.2. The molecule has 129 heavy (non-hydrogen) atoms. The van der Waals surface area contributed by atoms with Crippen LogP contribution in [0.2, 0.25) is 10.0 Å². The van der Waals surface area contributed by atoms with Crippen LogP contribution in [0.3, 0.4) is 0 Å². The number of aliphatic carboxylic acids is 2. The Balaban J connectivity index is 1.05. The van der Waals surface area contributed by atoms with Crippen molar-refractivity contribution in [3.63, 3.8) is 0 Å². The maximum Gasteiger partial charge on any atom is 0.330 e. The number of benzene rings is 7. The number of carboxylic acid groups (broad SMARTS) is 2. The first-order valence-electron chi connectivity index (χ1n) is 39.7. The SMILES string of the molecule is CC(=O)N[C@H]1C(O)[C@H](O)C(CO)O[C@H]1O[C@@H]1c2ccc(c(Cl)c2)Oc2cc3cc(c2O[C@@H]2OC(CO)[C@@H](O)[C@H](O)C2NC(=O)CCCC(=O)O)Oc2ccc(cc2Cl)C[C@H]2NC(=O)[C@H](N)c4ccc(O)c(c4)Oc4cc(O)cc(c4)[C@H](NC2=O)C(=O)N[C@H]3C(=O)N[C@H]2C(=O)N[C@@H]1C(=O)N[C@H](C(=O)O)c1cc(O)cc(O[C@H]3OC(CO)[C@@H](O)[C@@H](O)C3O)c1-c1cc2ccc1O. The normalized spacial score (nSPS) is 29.2. The zero-order chi connectivity index (χ0) is 92.7. The van der Waals surface area contributed by atoms with Gasteiger partial charge in [0.05, 0.1) is 29.9 Å². The lowest BCUT2D eigenvalue weighted by molar-refractivity contribution is -0.284. The van der Waals surface area contributed by atoms with Gasteiger partial charge in [-0.15, -0.1) is 0 Å². The van der Waals surface area contributed by atoms with E-state index in [0.29, 0.717) is 0 Å². The fourth-order valence-corrected chi connectivity index (χ4v) is 16.2. The van der Waals surface area contributed by atoms with E-state index in [9.17, 15) is 106 Å². The first-order valence-corrected chi connectivity index (χ1v) is 40.4. The highest BCUT2D eigenvalue weighted by molar-refractivity contribution is 6.32. The number of carboxylic acids is 2. The third kappa shape index (κ3) is 19.6. The summed E-state index contributed by atoms with van der Waals surface area (Å²) < 4.78 is 56.9. The van der Waals surface area contributed by atoms with E-state index in [1.165, 1.54) is 30.3 Å². The molecule has 9 aliphatic heterocycles. The van der Waals surface area contributed by atoms with Gasteiger partial charge >= 0.3 is 11.9 Å². The molecule has 0 aliphatic carbocycles. The number of amides is 8. The summed E-state index contributed by atoms with van der Waals surface area (Å²) in [5.41, 5.74) is 2.50.